The predicted molar refractivity (Wildman–Crippen MR) is 312 cm³/mol. The van der Waals surface area contributed by atoms with E-state index in [0.717, 1.165) is 98.6 Å². The lowest BCUT2D eigenvalue weighted by atomic mass is 10.00. The van der Waals surface area contributed by atoms with Crippen LogP contribution in [-0.4, -0.2) is 9.13 Å². The number of anilines is 9. The second-order valence-electron chi connectivity index (χ2n) is 19.0. The van der Waals surface area contributed by atoms with E-state index in [1.807, 2.05) is 45.5 Å². The molecular weight excluding hydrogens is 917 g/mol. The molecule has 0 saturated carbocycles. The second kappa shape index (κ2) is 20.9. The molecule has 12 rings (SSSR count). The van der Waals surface area contributed by atoms with Crippen molar-refractivity contribution in [2.75, 3.05) is 19.6 Å². The summed E-state index contributed by atoms with van der Waals surface area (Å²) >= 11 is 0. The van der Waals surface area contributed by atoms with Gasteiger partial charge in [0.1, 0.15) is 0 Å². The molecule has 2 aliphatic rings. The fourth-order valence-corrected chi connectivity index (χ4v) is 10.6. The van der Waals surface area contributed by atoms with Gasteiger partial charge < -0.3 is 19.6 Å². The first kappa shape index (κ1) is 46.5. The number of imidazole rings is 1. The van der Waals surface area contributed by atoms with E-state index in [-0.39, 0.29) is 5.69 Å². The van der Waals surface area contributed by atoms with Crippen LogP contribution in [0.5, 0.6) is 0 Å². The molecule has 0 amide bonds. The van der Waals surface area contributed by atoms with E-state index in [1.165, 1.54) is 11.4 Å². The van der Waals surface area contributed by atoms with E-state index in [1.54, 1.807) is 0 Å². The summed E-state index contributed by atoms with van der Waals surface area (Å²) in [7, 11) is 0. The van der Waals surface area contributed by atoms with Gasteiger partial charge in [0.15, 0.2) is 0 Å². The van der Waals surface area contributed by atoms with Gasteiger partial charge in [-0.25, -0.2) is 4.79 Å². The van der Waals surface area contributed by atoms with Crippen molar-refractivity contribution in [3.8, 4) is 11.4 Å². The third-order valence-corrected chi connectivity index (χ3v) is 14.1. The molecule has 7 nitrogen and oxygen atoms in total. The summed E-state index contributed by atoms with van der Waals surface area (Å²) in [6.45, 7) is 2.26. The third-order valence-electron chi connectivity index (χ3n) is 14.1. The molecule has 1 heterocycles. The molecule has 0 spiro atoms. The van der Waals surface area contributed by atoms with Crippen molar-refractivity contribution < 1.29 is 0 Å². The number of hydrogen-bond acceptors (Lipinski definition) is 5. The summed E-state index contributed by atoms with van der Waals surface area (Å²) in [5, 5.41) is 0. The molecule has 2 aliphatic carbocycles. The Kier molecular flexibility index (Phi) is 12.9. The summed E-state index contributed by atoms with van der Waals surface area (Å²) in [5.74, 6) is 0.393. The van der Waals surface area contributed by atoms with Crippen molar-refractivity contribution in [1.29, 1.82) is 0 Å². The van der Waals surface area contributed by atoms with Crippen LogP contribution in [0, 0.1) is 5.92 Å². The monoisotopic (exact) mass is 972 g/mol. The molecule has 1 atom stereocenters. The van der Waals surface area contributed by atoms with Crippen LogP contribution in [0.1, 0.15) is 26.2 Å². The van der Waals surface area contributed by atoms with Gasteiger partial charge in [0.25, 0.3) is 0 Å². The molecule has 0 radical (unpaired) electrons. The Balaban J connectivity index is 0.866. The van der Waals surface area contributed by atoms with E-state index >= 15 is 0 Å². The zero-order valence-corrected chi connectivity index (χ0v) is 41.8. The van der Waals surface area contributed by atoms with Crippen LogP contribution >= 0.6 is 0 Å². The third kappa shape index (κ3) is 9.40. The molecule has 1 aromatic heterocycles. The average Bonchev–Trinajstić information content (AvgIpc) is 3.77. The van der Waals surface area contributed by atoms with Gasteiger partial charge in [-0.05, 0) is 189 Å². The fraction of sp³-hybridized carbons (Fsp3) is 0.0735. The molecule has 75 heavy (non-hydrogen) atoms. The minimum absolute atomic E-state index is 0.133. The maximum atomic E-state index is 14.9. The zero-order chi connectivity index (χ0) is 50.5. The van der Waals surface area contributed by atoms with Gasteiger partial charge in [0.05, 0.1) is 22.4 Å². The Hall–Kier alpha value is -9.59. The summed E-state index contributed by atoms with van der Waals surface area (Å²) in [6, 6.07) is 86.3. The number of fused-ring (bicyclic) bond motifs is 1. The SMILES string of the molecule is CC1C=C(N(c2ccc(N(c3ccccc3)c3ccccc3)cc2)c2ccc(-n3c(=O)n(-c4ccc(N(C5=CC=C(N(c6ccccc6)c6ccccc6)CC5)c5ccccc5)cc4)c4ccccc43)cc2)C=CC1. The maximum absolute atomic E-state index is 14.9. The average molecular weight is 973 g/mol. The lowest BCUT2D eigenvalue weighted by Crippen LogP contribution is -2.23. The number of benzene rings is 9. The lowest BCUT2D eigenvalue weighted by molar-refractivity contribution is 0.726. The summed E-state index contributed by atoms with van der Waals surface area (Å²) in [5.41, 5.74) is 16.3. The van der Waals surface area contributed by atoms with Crippen molar-refractivity contribution in [2.45, 2.75) is 26.2 Å². The topological polar surface area (TPSA) is 39.9 Å². The first-order valence-corrected chi connectivity index (χ1v) is 25.8. The van der Waals surface area contributed by atoms with Crippen molar-refractivity contribution in [3.63, 3.8) is 0 Å². The number of hydrogen-bond donors (Lipinski definition) is 0. The predicted octanol–water partition coefficient (Wildman–Crippen LogP) is 17.4. The number of nitrogens with zero attached hydrogens (tertiary/aromatic N) is 6. The Morgan fingerprint density at radius 3 is 1.03 bits per heavy atom. The highest BCUT2D eigenvalue weighted by Crippen LogP contribution is 2.41. The molecule has 9 aromatic carbocycles. The number of rotatable bonds is 14. The maximum Gasteiger partial charge on any atom is 0.338 e. The number of allylic oxidation sites excluding steroid dienone is 7. The first-order chi connectivity index (χ1) is 37.1. The molecule has 0 bridgehead atoms. The zero-order valence-electron chi connectivity index (χ0n) is 41.8. The first-order valence-electron chi connectivity index (χ1n) is 25.8. The van der Waals surface area contributed by atoms with Gasteiger partial charge in [-0.15, -0.1) is 0 Å². The van der Waals surface area contributed by atoms with E-state index in [9.17, 15) is 4.79 Å². The summed E-state index contributed by atoms with van der Waals surface area (Å²) in [4.78, 5) is 24.2. The van der Waals surface area contributed by atoms with Crippen LogP contribution in [0.4, 0.5) is 51.2 Å². The van der Waals surface area contributed by atoms with Gasteiger partial charge in [-0.1, -0.05) is 122 Å². The quantitative estimate of drug-likeness (QED) is 0.109. The van der Waals surface area contributed by atoms with E-state index in [4.69, 9.17) is 0 Å². The fourth-order valence-electron chi connectivity index (χ4n) is 10.6. The van der Waals surface area contributed by atoms with Gasteiger partial charge in [-0.2, -0.15) is 0 Å². The standard InChI is InChI=1S/C68H56N6O/c1-51-20-19-31-65(50-51)72(61-40-38-58(39-41-61)70(54-25-11-4-12-26-54)55-27-13-5-14-28-55)62-44-48-64(49-45-62)74-67-33-18-17-32-66(67)73(68(74)75)63-46-42-60(43-47-63)71(56-29-15-6-16-30-56)59-36-34-57(35-37-59)69(52-21-7-2-8-22-52)53-23-9-3-10-24-53/h2-19,21-34,36,38-51H,20,35,37H2,1H3. The molecule has 0 aliphatic heterocycles. The Bertz CT molecular complexity index is 3670. The molecule has 10 aromatic rings. The van der Waals surface area contributed by atoms with Crippen LogP contribution in [-0.2, 0) is 0 Å². The van der Waals surface area contributed by atoms with Crippen LogP contribution in [0.15, 0.2) is 301 Å². The smallest absolute Gasteiger partial charge is 0.314 e. The highest BCUT2D eigenvalue weighted by atomic mass is 16.1. The van der Waals surface area contributed by atoms with Crippen LogP contribution in [0.3, 0.4) is 0 Å². The normalized spacial score (nSPS) is 14.1. The van der Waals surface area contributed by atoms with Crippen molar-refractivity contribution in [3.05, 3.63) is 307 Å². The van der Waals surface area contributed by atoms with Crippen LogP contribution in [0.2, 0.25) is 0 Å². The minimum atomic E-state index is -0.133. The minimum Gasteiger partial charge on any atom is -0.314 e. The highest BCUT2D eigenvalue weighted by Gasteiger charge is 2.24. The van der Waals surface area contributed by atoms with Crippen LogP contribution in [0.25, 0.3) is 22.4 Å². The molecule has 0 saturated heterocycles. The molecule has 0 fully saturated rings. The van der Waals surface area contributed by atoms with Gasteiger partial charge in [0.2, 0.25) is 0 Å². The van der Waals surface area contributed by atoms with Crippen molar-refractivity contribution >= 4 is 62.2 Å². The number of para-hydroxylation sites is 7. The van der Waals surface area contributed by atoms with Crippen LogP contribution < -0.4 is 25.3 Å². The Labute approximate surface area is 439 Å². The van der Waals surface area contributed by atoms with E-state index < -0.39 is 0 Å². The lowest BCUT2D eigenvalue weighted by Gasteiger charge is -2.33. The largest absolute Gasteiger partial charge is 0.338 e. The molecule has 0 N–H and O–H groups in total. The molecular formula is C68H56N6O. The summed E-state index contributed by atoms with van der Waals surface area (Å²) in [6.07, 6.45) is 14.0. The molecule has 364 valence electrons. The molecule has 1 unspecified atom stereocenters. The van der Waals surface area contributed by atoms with E-state index in [2.05, 4.69) is 269 Å². The molecule has 7 heteroatoms. The van der Waals surface area contributed by atoms with Crippen molar-refractivity contribution in [1.82, 2.24) is 9.13 Å². The number of aromatic nitrogens is 2. The van der Waals surface area contributed by atoms with Gasteiger partial charge in [-0.3, -0.25) is 9.13 Å². The van der Waals surface area contributed by atoms with Gasteiger partial charge >= 0.3 is 5.69 Å². The second-order valence-corrected chi connectivity index (χ2v) is 19.0. The van der Waals surface area contributed by atoms with Gasteiger partial charge in [0, 0.05) is 68.3 Å². The Morgan fingerprint density at radius 1 is 0.360 bits per heavy atom. The van der Waals surface area contributed by atoms with E-state index in [0.29, 0.717) is 5.92 Å². The Morgan fingerprint density at radius 2 is 0.667 bits per heavy atom. The summed E-state index contributed by atoms with van der Waals surface area (Å²) < 4.78 is 3.66. The highest BCUT2D eigenvalue weighted by molar-refractivity contribution is 5.82. The van der Waals surface area contributed by atoms with Crippen molar-refractivity contribution in [2.24, 2.45) is 5.92 Å².